The highest BCUT2D eigenvalue weighted by atomic mass is 32.2. The largest absolute Gasteiger partial charge is 0.592 e. The number of carbonyl (C=O) groups is 1. The summed E-state index contributed by atoms with van der Waals surface area (Å²) in [4.78, 5) is 18.6. The van der Waals surface area contributed by atoms with Crippen LogP contribution in [0.5, 0.6) is 0 Å². The van der Waals surface area contributed by atoms with Crippen LogP contribution in [0.4, 0.5) is 10.6 Å². The molecule has 0 bridgehead atoms. The summed E-state index contributed by atoms with van der Waals surface area (Å²) in [5.41, 5.74) is 0.558. The number of hydrogen-bond donors (Lipinski definition) is 0. The SMILES string of the molecule is CCC(CCCCO[C@@H]1CCN(C(=O)OC(C)(C)C)C1)N(c1ncccc1C)[S@+]([O-])C(C)(C)C. The topological polar surface area (TPSA) is 78.0 Å². The Morgan fingerprint density at radius 3 is 2.59 bits per heavy atom. The number of nitrogens with zero attached hydrogens (tertiary/aromatic N) is 3. The van der Waals surface area contributed by atoms with Crippen LogP contribution in [0.25, 0.3) is 0 Å². The van der Waals surface area contributed by atoms with Gasteiger partial charge in [-0.3, -0.25) is 0 Å². The van der Waals surface area contributed by atoms with E-state index in [-0.39, 0.29) is 23.0 Å². The first-order valence-corrected chi connectivity index (χ1v) is 13.7. The summed E-state index contributed by atoms with van der Waals surface area (Å²) in [6.45, 7) is 17.8. The van der Waals surface area contributed by atoms with Crippen LogP contribution < -0.4 is 4.31 Å². The van der Waals surface area contributed by atoms with Gasteiger partial charge in [0, 0.05) is 19.3 Å². The fraction of sp³-hybridized carbons (Fsp3) is 0.769. The number of anilines is 1. The zero-order valence-electron chi connectivity index (χ0n) is 22.4. The lowest BCUT2D eigenvalue weighted by atomic mass is 10.1. The predicted octanol–water partition coefficient (Wildman–Crippen LogP) is 5.63. The third kappa shape index (κ3) is 8.61. The zero-order valence-corrected chi connectivity index (χ0v) is 23.2. The van der Waals surface area contributed by atoms with Crippen LogP contribution >= 0.6 is 0 Å². The van der Waals surface area contributed by atoms with Gasteiger partial charge in [-0.25, -0.2) is 9.78 Å². The van der Waals surface area contributed by atoms with Gasteiger partial charge in [-0.1, -0.05) is 13.0 Å². The first-order chi connectivity index (χ1) is 15.8. The maximum absolute atomic E-state index is 13.5. The van der Waals surface area contributed by atoms with Crippen molar-refractivity contribution in [2.75, 3.05) is 24.0 Å². The van der Waals surface area contributed by atoms with Gasteiger partial charge in [0.15, 0.2) is 5.82 Å². The van der Waals surface area contributed by atoms with Gasteiger partial charge in [0.25, 0.3) is 0 Å². The standard InChI is InChI=1S/C26H45N3O4S/c1-9-21(29(34(31)26(6,7)8)23-20(2)13-12-16-27-23)14-10-11-18-32-22-15-17-28(19-22)24(30)33-25(3,4)5/h12-13,16,21-22H,9-11,14-15,17-19H2,1-8H3/t21?,22-,34-/m1/s1. The van der Waals surface area contributed by atoms with E-state index in [2.05, 4.69) is 11.9 Å². The summed E-state index contributed by atoms with van der Waals surface area (Å²) in [5, 5.41) is 0. The van der Waals surface area contributed by atoms with E-state index in [0.717, 1.165) is 43.5 Å². The number of amides is 1. The molecule has 0 aliphatic carbocycles. The molecule has 1 aromatic heterocycles. The minimum absolute atomic E-state index is 0.0653. The lowest BCUT2D eigenvalue weighted by molar-refractivity contribution is 0.0206. The second-order valence-electron chi connectivity index (χ2n) is 11.1. The molecule has 2 rings (SSSR count). The number of hydrogen-bond acceptors (Lipinski definition) is 6. The molecule has 0 saturated carbocycles. The van der Waals surface area contributed by atoms with Crippen molar-refractivity contribution < 1.29 is 18.8 Å². The highest BCUT2D eigenvalue weighted by molar-refractivity contribution is 7.94. The molecule has 1 unspecified atom stereocenters. The number of likely N-dealkylation sites (tertiary alicyclic amines) is 1. The molecule has 34 heavy (non-hydrogen) atoms. The molecule has 0 N–H and O–H groups in total. The van der Waals surface area contributed by atoms with E-state index in [1.54, 1.807) is 11.1 Å². The van der Waals surface area contributed by atoms with Crippen LogP contribution in [0.1, 0.15) is 86.1 Å². The average molecular weight is 496 g/mol. The van der Waals surface area contributed by atoms with Gasteiger partial charge in [-0.15, -0.1) is 0 Å². The Balaban J connectivity index is 1.86. The Kier molecular flexibility index (Phi) is 10.5. The molecule has 1 aromatic rings. The summed E-state index contributed by atoms with van der Waals surface area (Å²) in [6.07, 6.45) is 6.14. The predicted molar refractivity (Wildman–Crippen MR) is 139 cm³/mol. The van der Waals surface area contributed by atoms with Crippen LogP contribution in [0.2, 0.25) is 0 Å². The molecule has 0 aromatic carbocycles. The van der Waals surface area contributed by atoms with E-state index in [1.165, 1.54) is 0 Å². The van der Waals surface area contributed by atoms with Crippen molar-refractivity contribution >= 4 is 23.3 Å². The third-order valence-corrected chi connectivity index (χ3v) is 7.65. The number of ether oxygens (including phenoxy) is 2. The van der Waals surface area contributed by atoms with E-state index in [0.29, 0.717) is 19.7 Å². The molecule has 1 saturated heterocycles. The molecule has 1 aliphatic rings. The summed E-state index contributed by atoms with van der Waals surface area (Å²) in [5.74, 6) is 0.812. The molecule has 2 heterocycles. The van der Waals surface area contributed by atoms with Gasteiger partial charge >= 0.3 is 6.09 Å². The number of pyridine rings is 1. The van der Waals surface area contributed by atoms with Crippen molar-refractivity contribution in [1.82, 2.24) is 9.88 Å². The van der Waals surface area contributed by atoms with Crippen LogP contribution in [-0.2, 0) is 20.8 Å². The van der Waals surface area contributed by atoms with Crippen LogP contribution in [0, 0.1) is 6.92 Å². The van der Waals surface area contributed by atoms with Gasteiger partial charge in [0.2, 0.25) is 0 Å². The average Bonchev–Trinajstić information content (AvgIpc) is 3.20. The fourth-order valence-corrected chi connectivity index (χ4v) is 5.43. The number of aryl methyl sites for hydroxylation is 1. The lowest BCUT2D eigenvalue weighted by Crippen LogP contribution is -2.49. The zero-order chi connectivity index (χ0) is 25.5. The Morgan fingerprint density at radius 2 is 2.00 bits per heavy atom. The summed E-state index contributed by atoms with van der Waals surface area (Å²) in [7, 11) is 0. The Bertz CT molecular complexity index is 778. The van der Waals surface area contributed by atoms with Crippen LogP contribution in [0.15, 0.2) is 18.3 Å². The minimum Gasteiger partial charge on any atom is -0.592 e. The highest BCUT2D eigenvalue weighted by Crippen LogP contribution is 2.32. The molecule has 1 amide bonds. The van der Waals surface area contributed by atoms with Crippen LogP contribution in [-0.4, -0.2) is 62.7 Å². The molecule has 7 nitrogen and oxygen atoms in total. The Labute approximate surface area is 209 Å². The molecular formula is C26H45N3O4S. The molecule has 194 valence electrons. The maximum atomic E-state index is 13.5. The molecule has 8 heteroatoms. The Morgan fingerprint density at radius 1 is 1.29 bits per heavy atom. The fourth-order valence-electron chi connectivity index (χ4n) is 3.97. The normalized spacial score (nSPS) is 18.6. The van der Waals surface area contributed by atoms with Gasteiger partial charge in [-0.2, -0.15) is 4.31 Å². The van der Waals surface area contributed by atoms with E-state index in [1.807, 2.05) is 64.9 Å². The molecule has 0 radical (unpaired) electrons. The molecule has 1 aliphatic heterocycles. The summed E-state index contributed by atoms with van der Waals surface area (Å²) in [6, 6.07) is 4.09. The van der Waals surface area contributed by atoms with Crippen LogP contribution in [0.3, 0.4) is 0 Å². The first kappa shape index (κ1) is 28.7. The second kappa shape index (κ2) is 12.5. The second-order valence-corrected chi connectivity index (χ2v) is 13.2. The van der Waals surface area contributed by atoms with E-state index < -0.39 is 17.0 Å². The lowest BCUT2D eigenvalue weighted by Gasteiger charge is -2.38. The third-order valence-electron chi connectivity index (χ3n) is 5.78. The summed E-state index contributed by atoms with van der Waals surface area (Å²) >= 11 is -1.20. The molecule has 1 fully saturated rings. The molecule has 3 atom stereocenters. The van der Waals surface area contributed by atoms with Gasteiger partial charge in [0.1, 0.15) is 10.3 Å². The number of rotatable bonds is 10. The molecule has 0 spiro atoms. The van der Waals surface area contributed by atoms with Crippen molar-refractivity contribution in [3.05, 3.63) is 23.9 Å². The monoisotopic (exact) mass is 495 g/mol. The maximum Gasteiger partial charge on any atom is 0.410 e. The quantitative estimate of drug-likeness (QED) is 0.309. The van der Waals surface area contributed by atoms with Crippen molar-refractivity contribution in [2.45, 2.75) is 110 Å². The summed E-state index contributed by atoms with van der Waals surface area (Å²) < 4.78 is 26.7. The van der Waals surface area contributed by atoms with Gasteiger partial charge < -0.3 is 18.9 Å². The smallest absolute Gasteiger partial charge is 0.410 e. The van der Waals surface area contributed by atoms with Gasteiger partial charge in [-0.05, 0) is 92.2 Å². The molecular weight excluding hydrogens is 450 g/mol. The van der Waals surface area contributed by atoms with Crippen molar-refractivity contribution in [3.8, 4) is 0 Å². The van der Waals surface area contributed by atoms with Crippen molar-refractivity contribution in [1.29, 1.82) is 0 Å². The van der Waals surface area contributed by atoms with E-state index in [9.17, 15) is 9.35 Å². The van der Waals surface area contributed by atoms with E-state index in [4.69, 9.17) is 9.47 Å². The number of unbranched alkanes of at least 4 members (excludes halogenated alkanes) is 1. The van der Waals surface area contributed by atoms with Crippen molar-refractivity contribution in [2.24, 2.45) is 0 Å². The van der Waals surface area contributed by atoms with Crippen molar-refractivity contribution in [3.63, 3.8) is 0 Å². The Hall–Kier alpha value is -1.51. The minimum atomic E-state index is -1.20. The number of aromatic nitrogens is 1. The first-order valence-electron chi connectivity index (χ1n) is 12.6. The number of carbonyl (C=O) groups excluding carboxylic acids is 1. The van der Waals surface area contributed by atoms with Gasteiger partial charge in [0.05, 0.1) is 30.1 Å². The highest BCUT2D eigenvalue weighted by Gasteiger charge is 2.38. The van der Waals surface area contributed by atoms with E-state index >= 15 is 0 Å².